The van der Waals surface area contributed by atoms with Crippen molar-refractivity contribution in [2.24, 2.45) is 5.92 Å². The zero-order valence-electron chi connectivity index (χ0n) is 60.4. The summed E-state index contributed by atoms with van der Waals surface area (Å²) in [6, 6.07) is 0. The molecule has 552 valence electrons. The van der Waals surface area contributed by atoms with Crippen molar-refractivity contribution in [1.29, 1.82) is 0 Å². The van der Waals surface area contributed by atoms with Gasteiger partial charge in [-0.15, -0.1) is 0 Å². The van der Waals surface area contributed by atoms with Crippen LogP contribution >= 0.6 is 15.6 Å². The molecule has 5 atom stereocenters. The number of hydrogen-bond acceptors (Lipinski definition) is 15. The number of carbonyl (C=O) groups is 4. The molecule has 0 saturated carbocycles. The van der Waals surface area contributed by atoms with Gasteiger partial charge < -0.3 is 33.8 Å². The molecule has 2 unspecified atom stereocenters. The first-order valence-electron chi connectivity index (χ1n) is 38.6. The van der Waals surface area contributed by atoms with Gasteiger partial charge in [0.2, 0.25) is 0 Å². The highest BCUT2D eigenvalue weighted by molar-refractivity contribution is 7.47. The monoisotopic (exact) mass is 1370 g/mol. The normalized spacial score (nSPS) is 14.0. The van der Waals surface area contributed by atoms with Crippen LogP contribution < -0.4 is 0 Å². The second-order valence-corrected chi connectivity index (χ2v) is 30.1. The molecule has 0 aliphatic carbocycles. The molecule has 0 aromatic carbocycles. The highest BCUT2D eigenvalue weighted by Gasteiger charge is 2.30. The van der Waals surface area contributed by atoms with Gasteiger partial charge in [-0.1, -0.05) is 336 Å². The van der Waals surface area contributed by atoms with Crippen LogP contribution in [-0.4, -0.2) is 96.7 Å². The molecule has 0 rings (SSSR count). The van der Waals surface area contributed by atoms with Crippen molar-refractivity contribution in [1.82, 2.24) is 0 Å². The first-order valence-corrected chi connectivity index (χ1v) is 41.6. The molecular formula is C74H144O17P2. The van der Waals surface area contributed by atoms with Crippen LogP contribution in [0.15, 0.2) is 0 Å². The van der Waals surface area contributed by atoms with E-state index in [9.17, 15) is 43.2 Å². The minimum absolute atomic E-state index is 0.104. The molecular weight excluding hydrogens is 1220 g/mol. The molecule has 0 aromatic rings. The quantitative estimate of drug-likeness (QED) is 0.0222. The van der Waals surface area contributed by atoms with Crippen LogP contribution in [0.1, 0.15) is 388 Å². The Bertz CT molecular complexity index is 1790. The van der Waals surface area contributed by atoms with Crippen molar-refractivity contribution >= 4 is 39.5 Å². The van der Waals surface area contributed by atoms with Gasteiger partial charge in [-0.3, -0.25) is 37.3 Å². The third-order valence-corrected chi connectivity index (χ3v) is 19.2. The predicted octanol–water partition coefficient (Wildman–Crippen LogP) is 21.7. The highest BCUT2D eigenvalue weighted by Crippen LogP contribution is 2.45. The Balaban J connectivity index is 5.13. The van der Waals surface area contributed by atoms with Crippen molar-refractivity contribution in [2.45, 2.75) is 406 Å². The Morgan fingerprint density at radius 3 is 0.731 bits per heavy atom. The summed E-state index contributed by atoms with van der Waals surface area (Å²) < 4.78 is 68.3. The zero-order chi connectivity index (χ0) is 68.4. The zero-order valence-corrected chi connectivity index (χ0v) is 62.2. The minimum Gasteiger partial charge on any atom is -0.462 e. The number of rotatable bonds is 74. The van der Waals surface area contributed by atoms with Gasteiger partial charge in [-0.05, 0) is 31.6 Å². The lowest BCUT2D eigenvalue weighted by Crippen LogP contribution is -2.30. The molecule has 0 radical (unpaired) electrons. The van der Waals surface area contributed by atoms with E-state index in [1.54, 1.807) is 0 Å². The number of aliphatic hydroxyl groups is 1. The SMILES string of the molecule is CCCCCCCCCCCCCCCCCCCCCCCCC(=O)O[C@H](COC(=O)CCCCCCCCCCCCCCC)COP(=O)(O)OC[C@@H](O)COP(=O)(O)OC[C@@H](COC(=O)CCCCCCCCC)OC(=O)CCCCCCCCCCC(C)C. The predicted molar refractivity (Wildman–Crippen MR) is 377 cm³/mol. The lowest BCUT2D eigenvalue weighted by molar-refractivity contribution is -0.161. The van der Waals surface area contributed by atoms with Crippen LogP contribution in [-0.2, 0) is 65.4 Å². The average Bonchev–Trinajstić information content (AvgIpc) is 3.45. The molecule has 19 heteroatoms. The van der Waals surface area contributed by atoms with Gasteiger partial charge in [0.1, 0.15) is 19.3 Å². The number of unbranched alkanes of at least 4 members (excludes halogenated alkanes) is 46. The Hall–Kier alpha value is -1.94. The van der Waals surface area contributed by atoms with E-state index in [2.05, 4.69) is 34.6 Å². The summed E-state index contributed by atoms with van der Waals surface area (Å²) in [4.78, 5) is 72.5. The van der Waals surface area contributed by atoms with Crippen LogP contribution in [0.5, 0.6) is 0 Å². The summed E-state index contributed by atoms with van der Waals surface area (Å²) >= 11 is 0. The smallest absolute Gasteiger partial charge is 0.462 e. The minimum atomic E-state index is -4.95. The van der Waals surface area contributed by atoms with E-state index in [4.69, 9.17) is 37.0 Å². The maximum atomic E-state index is 13.1. The van der Waals surface area contributed by atoms with Crippen molar-refractivity contribution in [2.75, 3.05) is 39.6 Å². The fourth-order valence-corrected chi connectivity index (χ4v) is 12.9. The van der Waals surface area contributed by atoms with Gasteiger partial charge in [-0.25, -0.2) is 9.13 Å². The molecule has 0 bridgehead atoms. The highest BCUT2D eigenvalue weighted by atomic mass is 31.2. The van der Waals surface area contributed by atoms with Gasteiger partial charge in [0, 0.05) is 25.7 Å². The van der Waals surface area contributed by atoms with E-state index >= 15 is 0 Å². The van der Waals surface area contributed by atoms with Crippen LogP contribution in [0.25, 0.3) is 0 Å². The molecule has 0 fully saturated rings. The second kappa shape index (κ2) is 67.3. The summed E-state index contributed by atoms with van der Waals surface area (Å²) in [6.07, 6.45) is 55.9. The maximum Gasteiger partial charge on any atom is 0.472 e. The Kier molecular flexibility index (Phi) is 65.9. The average molecular weight is 1370 g/mol. The third-order valence-electron chi connectivity index (χ3n) is 17.3. The van der Waals surface area contributed by atoms with Crippen molar-refractivity contribution in [3.05, 3.63) is 0 Å². The molecule has 0 spiro atoms. The van der Waals surface area contributed by atoms with Crippen LogP contribution in [0.2, 0.25) is 0 Å². The summed E-state index contributed by atoms with van der Waals surface area (Å²) in [6.45, 7) is 7.18. The lowest BCUT2D eigenvalue weighted by atomic mass is 10.0. The van der Waals surface area contributed by atoms with Crippen molar-refractivity contribution in [3.8, 4) is 0 Å². The topological polar surface area (TPSA) is 237 Å². The summed E-state index contributed by atoms with van der Waals surface area (Å²) in [5.41, 5.74) is 0. The standard InChI is InChI=1S/C74H144O17P2/c1-6-9-12-15-18-20-22-24-25-26-27-28-29-30-31-32-34-36-38-44-49-54-59-73(78)90-70(64-85-72(77)58-53-48-43-37-35-33-23-21-19-16-13-10-7-2)66-89-93(82,83)87-62-68(75)61-86-92(80,81)88-65-69(63-84-71(76)57-52-47-41-17-14-11-8-3)91-74(79)60-55-50-45-40-39-42-46-51-56-67(4)5/h67-70,75H,6-66H2,1-5H3,(H,80,81)(H,82,83)/t68-,69+,70+/m0/s1. The van der Waals surface area contributed by atoms with E-state index in [0.717, 1.165) is 109 Å². The number of esters is 4. The molecule has 0 aliphatic rings. The van der Waals surface area contributed by atoms with Crippen molar-refractivity contribution < 1.29 is 80.2 Å². The van der Waals surface area contributed by atoms with E-state index in [-0.39, 0.29) is 25.7 Å². The Morgan fingerprint density at radius 1 is 0.290 bits per heavy atom. The van der Waals surface area contributed by atoms with Crippen LogP contribution in [0.4, 0.5) is 0 Å². The van der Waals surface area contributed by atoms with Gasteiger partial charge in [0.25, 0.3) is 0 Å². The molecule has 17 nitrogen and oxygen atoms in total. The summed E-state index contributed by atoms with van der Waals surface area (Å²) in [7, 11) is -9.90. The number of carbonyl (C=O) groups excluding carboxylic acids is 4. The van der Waals surface area contributed by atoms with Gasteiger partial charge >= 0.3 is 39.5 Å². The van der Waals surface area contributed by atoms with Gasteiger partial charge in [0.15, 0.2) is 12.2 Å². The largest absolute Gasteiger partial charge is 0.472 e. The van der Waals surface area contributed by atoms with Crippen LogP contribution in [0, 0.1) is 5.92 Å². The van der Waals surface area contributed by atoms with Gasteiger partial charge in [0.05, 0.1) is 26.4 Å². The number of aliphatic hydroxyl groups excluding tert-OH is 1. The van der Waals surface area contributed by atoms with Crippen molar-refractivity contribution in [3.63, 3.8) is 0 Å². The molecule has 0 aromatic heterocycles. The first-order chi connectivity index (χ1) is 45.0. The maximum absolute atomic E-state index is 13.1. The molecule has 0 heterocycles. The third kappa shape index (κ3) is 68.4. The van der Waals surface area contributed by atoms with E-state index in [1.807, 2.05) is 0 Å². The molecule has 3 N–H and O–H groups in total. The van der Waals surface area contributed by atoms with Crippen LogP contribution in [0.3, 0.4) is 0 Å². The molecule has 93 heavy (non-hydrogen) atoms. The number of phosphoric ester groups is 2. The summed E-state index contributed by atoms with van der Waals surface area (Å²) in [5.74, 6) is -1.41. The fourth-order valence-electron chi connectivity index (χ4n) is 11.4. The van der Waals surface area contributed by atoms with E-state index < -0.39 is 97.5 Å². The molecule has 0 aliphatic heterocycles. The molecule has 0 saturated heterocycles. The van der Waals surface area contributed by atoms with E-state index in [1.165, 1.54) is 199 Å². The number of ether oxygens (including phenoxy) is 4. The first kappa shape index (κ1) is 91.1. The second-order valence-electron chi connectivity index (χ2n) is 27.2. The summed E-state index contributed by atoms with van der Waals surface area (Å²) in [5, 5.41) is 10.6. The molecule has 0 amide bonds. The van der Waals surface area contributed by atoms with Gasteiger partial charge in [-0.2, -0.15) is 0 Å². The Labute approximate surface area is 568 Å². The fraction of sp³-hybridized carbons (Fsp3) is 0.946. The van der Waals surface area contributed by atoms with E-state index in [0.29, 0.717) is 25.7 Å². The lowest BCUT2D eigenvalue weighted by Gasteiger charge is -2.21. The Morgan fingerprint density at radius 2 is 0.495 bits per heavy atom. The number of phosphoric acid groups is 2. The number of hydrogen-bond donors (Lipinski definition) is 3.